The molecule has 1 heterocycles. The van der Waals surface area contributed by atoms with Crippen LogP contribution in [0.3, 0.4) is 0 Å². The van der Waals surface area contributed by atoms with Crippen molar-refractivity contribution in [1.29, 1.82) is 0 Å². The molecule has 0 bridgehead atoms. The number of aromatic hydroxyl groups is 1. The maximum absolute atomic E-state index is 12.5. The van der Waals surface area contributed by atoms with Crippen molar-refractivity contribution >= 4 is 23.7 Å². The Hall–Kier alpha value is -3.34. The third-order valence-electron chi connectivity index (χ3n) is 4.18. The van der Waals surface area contributed by atoms with Gasteiger partial charge in [-0.2, -0.15) is 0 Å². The predicted molar refractivity (Wildman–Crippen MR) is 103 cm³/mol. The molecule has 1 aromatic rings. The second kappa shape index (κ2) is 10.3. The Bertz CT molecular complexity index is 763. The van der Waals surface area contributed by atoms with Crippen LogP contribution in [0.2, 0.25) is 0 Å². The third-order valence-corrected chi connectivity index (χ3v) is 4.18. The molecule has 1 saturated heterocycles. The van der Waals surface area contributed by atoms with Gasteiger partial charge in [0.05, 0.1) is 0 Å². The zero-order valence-corrected chi connectivity index (χ0v) is 15.7. The Balaban J connectivity index is 1.91. The van der Waals surface area contributed by atoms with E-state index in [9.17, 15) is 19.5 Å². The van der Waals surface area contributed by atoms with Gasteiger partial charge < -0.3 is 37.1 Å². The molecular weight excluding hydrogens is 382 g/mol. The number of epoxide rings is 1. The van der Waals surface area contributed by atoms with Gasteiger partial charge in [0.1, 0.15) is 11.8 Å². The zero-order chi connectivity index (χ0) is 21.4. The van der Waals surface area contributed by atoms with Crippen molar-refractivity contribution in [2.75, 3.05) is 13.1 Å². The summed E-state index contributed by atoms with van der Waals surface area (Å²) in [7, 11) is 0. The topological polar surface area (TPSA) is 193 Å². The highest BCUT2D eigenvalue weighted by molar-refractivity contribution is 5.95. The van der Waals surface area contributed by atoms with E-state index in [4.69, 9.17) is 21.3 Å². The molecule has 0 spiro atoms. The predicted octanol–water partition coefficient (Wildman–Crippen LogP) is -1.56. The number of aliphatic carboxylic acids is 1. The fourth-order valence-electron chi connectivity index (χ4n) is 2.61. The van der Waals surface area contributed by atoms with E-state index in [-0.39, 0.29) is 18.1 Å². The van der Waals surface area contributed by atoms with Gasteiger partial charge in [-0.1, -0.05) is 12.1 Å². The van der Waals surface area contributed by atoms with Gasteiger partial charge in [0.25, 0.3) is 5.91 Å². The average molecular weight is 407 g/mol. The number of nitrogens with two attached hydrogens (primary N) is 2. The number of carbonyl (C=O) groups excluding carboxylic acids is 2. The van der Waals surface area contributed by atoms with E-state index in [1.54, 1.807) is 12.1 Å². The molecule has 0 radical (unpaired) electrons. The van der Waals surface area contributed by atoms with Crippen LogP contribution in [0.4, 0.5) is 0 Å². The van der Waals surface area contributed by atoms with Crippen LogP contribution in [0.25, 0.3) is 0 Å². The molecular formula is C18H25N5O6. The van der Waals surface area contributed by atoms with Gasteiger partial charge in [-0.05, 0) is 30.5 Å². The summed E-state index contributed by atoms with van der Waals surface area (Å²) in [6.07, 6.45) is -0.834. The maximum Gasteiger partial charge on any atom is 0.336 e. The summed E-state index contributed by atoms with van der Waals surface area (Å²) in [5.41, 5.74) is 11.2. The van der Waals surface area contributed by atoms with Crippen molar-refractivity contribution in [3.8, 4) is 5.75 Å². The van der Waals surface area contributed by atoms with Gasteiger partial charge in [-0.3, -0.25) is 14.6 Å². The minimum Gasteiger partial charge on any atom is -0.508 e. The fourth-order valence-corrected chi connectivity index (χ4v) is 2.61. The minimum atomic E-state index is -1.23. The zero-order valence-electron chi connectivity index (χ0n) is 15.7. The number of phenolic OH excluding ortho intramolecular Hbond substituents is 1. The number of rotatable bonds is 11. The Morgan fingerprint density at radius 1 is 1.14 bits per heavy atom. The molecule has 3 unspecified atom stereocenters. The number of phenols is 1. The Kier molecular flexibility index (Phi) is 7.78. The lowest BCUT2D eigenvalue weighted by atomic mass is 10.0. The van der Waals surface area contributed by atoms with Crippen molar-refractivity contribution < 1.29 is 29.3 Å². The van der Waals surface area contributed by atoms with E-state index in [0.717, 1.165) is 0 Å². The van der Waals surface area contributed by atoms with E-state index in [2.05, 4.69) is 15.6 Å². The van der Waals surface area contributed by atoms with Crippen LogP contribution >= 0.6 is 0 Å². The van der Waals surface area contributed by atoms with Crippen molar-refractivity contribution in [2.24, 2.45) is 16.5 Å². The average Bonchev–Trinajstić information content (AvgIpc) is 3.46. The Morgan fingerprint density at radius 2 is 1.83 bits per heavy atom. The molecule has 11 nitrogen and oxygen atoms in total. The first-order chi connectivity index (χ1) is 13.8. The number of ether oxygens (including phenoxy) is 1. The van der Waals surface area contributed by atoms with Crippen molar-refractivity contribution in [3.63, 3.8) is 0 Å². The number of nitrogens with zero attached hydrogens (tertiary/aromatic N) is 1. The first kappa shape index (κ1) is 22.0. The van der Waals surface area contributed by atoms with Gasteiger partial charge in [0.2, 0.25) is 5.91 Å². The van der Waals surface area contributed by atoms with Gasteiger partial charge in [-0.15, -0.1) is 0 Å². The van der Waals surface area contributed by atoms with Crippen molar-refractivity contribution in [1.82, 2.24) is 10.6 Å². The van der Waals surface area contributed by atoms with E-state index in [0.29, 0.717) is 31.5 Å². The van der Waals surface area contributed by atoms with Gasteiger partial charge in [-0.25, -0.2) is 4.79 Å². The van der Waals surface area contributed by atoms with E-state index in [1.807, 2.05) is 0 Å². The number of hydrogen-bond donors (Lipinski definition) is 6. The lowest BCUT2D eigenvalue weighted by Crippen LogP contribution is -2.49. The Labute approximate surface area is 167 Å². The monoisotopic (exact) mass is 407 g/mol. The third kappa shape index (κ3) is 7.30. The highest BCUT2D eigenvalue weighted by Crippen LogP contribution is 2.22. The number of aliphatic imine (C=N–C) groups is 1. The summed E-state index contributed by atoms with van der Waals surface area (Å²) in [6, 6.07) is 5.28. The van der Waals surface area contributed by atoms with Gasteiger partial charge in [0, 0.05) is 19.5 Å². The summed E-state index contributed by atoms with van der Waals surface area (Å²) >= 11 is 0. The second-order valence-electron chi connectivity index (χ2n) is 6.55. The molecule has 2 rings (SSSR count). The SMILES string of the molecule is NC(N)=NCCCCNC(=O)C(Cc1ccc(O)cc1)NC(=O)C1OC1C(=O)O. The lowest BCUT2D eigenvalue weighted by Gasteiger charge is -2.18. The smallest absolute Gasteiger partial charge is 0.336 e. The number of unbranched alkanes of at least 4 members (excludes halogenated alkanes) is 1. The molecule has 1 aromatic carbocycles. The summed E-state index contributed by atoms with van der Waals surface area (Å²) in [5, 5.41) is 23.5. The largest absolute Gasteiger partial charge is 0.508 e. The molecule has 0 saturated carbocycles. The van der Waals surface area contributed by atoms with Crippen LogP contribution in [0.1, 0.15) is 18.4 Å². The number of carboxylic acids is 1. The molecule has 29 heavy (non-hydrogen) atoms. The van der Waals surface area contributed by atoms with Crippen LogP contribution in [0.15, 0.2) is 29.3 Å². The van der Waals surface area contributed by atoms with Crippen LogP contribution in [0.5, 0.6) is 5.75 Å². The van der Waals surface area contributed by atoms with Gasteiger partial charge >= 0.3 is 5.97 Å². The minimum absolute atomic E-state index is 0.00710. The number of guanidine groups is 1. The normalized spacial score (nSPS) is 18.3. The molecule has 1 fully saturated rings. The summed E-state index contributed by atoms with van der Waals surface area (Å²) in [5.74, 6) is -2.22. The lowest BCUT2D eigenvalue weighted by molar-refractivity contribution is -0.138. The number of nitrogens with one attached hydrogen (secondary N) is 2. The van der Waals surface area contributed by atoms with E-state index >= 15 is 0 Å². The summed E-state index contributed by atoms with van der Waals surface area (Å²) in [4.78, 5) is 39.5. The van der Waals surface area contributed by atoms with Gasteiger partial charge in [0.15, 0.2) is 18.2 Å². The fraction of sp³-hybridized carbons (Fsp3) is 0.444. The van der Waals surface area contributed by atoms with Crippen LogP contribution in [-0.2, 0) is 25.5 Å². The Morgan fingerprint density at radius 3 is 2.41 bits per heavy atom. The maximum atomic E-state index is 12.5. The standard InChI is InChI=1S/C18H25N5O6/c19-18(20)22-8-2-1-7-21-15(25)12(9-10-3-5-11(24)6-4-10)23-16(26)13-14(29-13)17(27)28/h3-6,12-14,24H,1-2,7-9H2,(H,21,25)(H,23,26)(H,27,28)(H4,19,20,22). The number of carboxylic acid groups (broad SMARTS) is 1. The first-order valence-electron chi connectivity index (χ1n) is 9.07. The van der Waals surface area contributed by atoms with Crippen molar-refractivity contribution in [2.45, 2.75) is 37.5 Å². The van der Waals surface area contributed by atoms with Crippen LogP contribution in [-0.4, -0.2) is 65.3 Å². The van der Waals surface area contributed by atoms with E-state index < -0.39 is 36.0 Å². The molecule has 2 amide bonds. The van der Waals surface area contributed by atoms with Crippen LogP contribution < -0.4 is 22.1 Å². The quantitative estimate of drug-likeness (QED) is 0.110. The molecule has 158 valence electrons. The highest BCUT2D eigenvalue weighted by Gasteiger charge is 2.51. The molecule has 11 heteroatoms. The molecule has 0 aromatic heterocycles. The highest BCUT2D eigenvalue weighted by atomic mass is 16.6. The summed E-state index contributed by atoms with van der Waals surface area (Å²) < 4.78 is 4.82. The van der Waals surface area contributed by atoms with E-state index in [1.165, 1.54) is 12.1 Å². The molecule has 0 aliphatic carbocycles. The first-order valence-corrected chi connectivity index (χ1v) is 9.07. The second-order valence-corrected chi connectivity index (χ2v) is 6.55. The molecule has 1 aliphatic heterocycles. The number of hydrogen-bond acceptors (Lipinski definition) is 6. The number of benzene rings is 1. The summed E-state index contributed by atoms with van der Waals surface area (Å²) in [6.45, 7) is 0.805. The van der Waals surface area contributed by atoms with Crippen LogP contribution in [0, 0.1) is 0 Å². The molecule has 8 N–H and O–H groups in total. The number of carbonyl (C=O) groups is 3. The molecule has 3 atom stereocenters. The van der Waals surface area contributed by atoms with Crippen molar-refractivity contribution in [3.05, 3.63) is 29.8 Å². The number of amides is 2. The molecule has 1 aliphatic rings.